The molecule has 28 heavy (non-hydrogen) atoms. The molecule has 0 aliphatic heterocycles. The topological polar surface area (TPSA) is 102 Å². The smallest absolute Gasteiger partial charge is 0.340 e. The second-order valence-corrected chi connectivity index (χ2v) is 8.21. The Morgan fingerprint density at radius 1 is 1.11 bits per heavy atom. The van der Waals surface area contributed by atoms with E-state index in [1.807, 2.05) is 0 Å². The van der Waals surface area contributed by atoms with Gasteiger partial charge in [-0.1, -0.05) is 23.2 Å². The first-order valence-electron chi connectivity index (χ1n) is 7.75. The summed E-state index contributed by atoms with van der Waals surface area (Å²) in [5.74, 6) is -2.29. The summed E-state index contributed by atoms with van der Waals surface area (Å²) >= 11 is 11.8. The van der Waals surface area contributed by atoms with Crippen LogP contribution in [0.15, 0.2) is 41.3 Å². The van der Waals surface area contributed by atoms with Gasteiger partial charge in [-0.3, -0.25) is 4.79 Å². The second-order valence-electron chi connectivity index (χ2n) is 5.51. The lowest BCUT2D eigenvalue weighted by molar-refractivity contribution is -0.123. The summed E-state index contributed by atoms with van der Waals surface area (Å²) in [6.07, 6.45) is -1.27. The molecule has 150 valence electrons. The molecule has 0 aliphatic carbocycles. The van der Waals surface area contributed by atoms with E-state index in [9.17, 15) is 22.4 Å². The highest BCUT2D eigenvalue weighted by Gasteiger charge is 2.23. The number of esters is 1. The SMILES string of the molecule is CNS(=O)(=O)c1ccc(Cl)c(C(=O)OC(C)C(=O)Nc2ccc(F)cc2Cl)c1. The quantitative estimate of drug-likeness (QED) is 0.660. The maximum atomic E-state index is 13.1. The molecule has 7 nitrogen and oxygen atoms in total. The van der Waals surface area contributed by atoms with Gasteiger partial charge in [0.2, 0.25) is 10.0 Å². The number of hydrogen-bond donors (Lipinski definition) is 2. The fourth-order valence-electron chi connectivity index (χ4n) is 2.05. The van der Waals surface area contributed by atoms with Gasteiger partial charge in [-0.05, 0) is 50.4 Å². The number of ether oxygens (including phenoxy) is 1. The van der Waals surface area contributed by atoms with Crippen molar-refractivity contribution in [2.75, 3.05) is 12.4 Å². The van der Waals surface area contributed by atoms with Crippen LogP contribution in [0.1, 0.15) is 17.3 Å². The van der Waals surface area contributed by atoms with Gasteiger partial charge in [0.25, 0.3) is 5.91 Å². The van der Waals surface area contributed by atoms with E-state index in [-0.39, 0.29) is 26.2 Å². The van der Waals surface area contributed by atoms with Gasteiger partial charge in [-0.15, -0.1) is 0 Å². The van der Waals surface area contributed by atoms with Crippen molar-refractivity contribution in [1.82, 2.24) is 4.72 Å². The summed E-state index contributed by atoms with van der Waals surface area (Å²) < 4.78 is 44.0. The molecule has 0 fully saturated rings. The molecule has 0 heterocycles. The van der Waals surface area contributed by atoms with Crippen molar-refractivity contribution < 1.29 is 27.1 Å². The molecule has 0 bridgehead atoms. The lowest BCUT2D eigenvalue weighted by atomic mass is 10.2. The van der Waals surface area contributed by atoms with Crippen LogP contribution < -0.4 is 10.0 Å². The Bertz CT molecular complexity index is 1030. The van der Waals surface area contributed by atoms with Crippen molar-refractivity contribution >= 4 is 50.8 Å². The van der Waals surface area contributed by atoms with E-state index < -0.39 is 33.8 Å². The Morgan fingerprint density at radius 3 is 2.39 bits per heavy atom. The molecule has 0 saturated carbocycles. The Kier molecular flexibility index (Phi) is 7.00. The standard InChI is InChI=1S/C17H15Cl2FN2O5S/c1-9(16(23)22-15-6-3-10(20)7-14(15)19)27-17(24)12-8-11(4-5-13(12)18)28(25,26)21-2/h3-9,21H,1-2H3,(H,22,23). The fraction of sp³-hybridized carbons (Fsp3) is 0.176. The second kappa shape index (κ2) is 8.87. The first-order chi connectivity index (χ1) is 13.0. The molecule has 0 spiro atoms. The Morgan fingerprint density at radius 2 is 1.79 bits per heavy atom. The molecule has 2 rings (SSSR count). The first-order valence-corrected chi connectivity index (χ1v) is 9.99. The number of rotatable bonds is 6. The molecule has 2 aromatic carbocycles. The number of sulfonamides is 1. The average Bonchev–Trinajstić information content (AvgIpc) is 2.63. The number of carbonyl (C=O) groups excluding carboxylic acids is 2. The lowest BCUT2D eigenvalue weighted by Gasteiger charge is -2.15. The largest absolute Gasteiger partial charge is 0.449 e. The molecule has 11 heteroatoms. The highest BCUT2D eigenvalue weighted by atomic mass is 35.5. The predicted molar refractivity (Wildman–Crippen MR) is 103 cm³/mol. The van der Waals surface area contributed by atoms with Gasteiger partial charge in [0.15, 0.2) is 6.10 Å². The van der Waals surface area contributed by atoms with Crippen molar-refractivity contribution in [2.45, 2.75) is 17.9 Å². The van der Waals surface area contributed by atoms with Crippen LogP contribution in [0.25, 0.3) is 0 Å². The normalized spacial score (nSPS) is 12.3. The van der Waals surface area contributed by atoms with E-state index in [2.05, 4.69) is 10.0 Å². The molecule has 0 saturated heterocycles. The summed E-state index contributed by atoms with van der Waals surface area (Å²) in [6.45, 7) is 1.30. The average molecular weight is 449 g/mol. The third-order valence-electron chi connectivity index (χ3n) is 3.58. The predicted octanol–water partition coefficient (Wildman–Crippen LogP) is 3.22. The molecule has 1 amide bonds. The van der Waals surface area contributed by atoms with E-state index in [1.54, 1.807) is 0 Å². The van der Waals surface area contributed by atoms with Crippen molar-refractivity contribution in [2.24, 2.45) is 0 Å². The van der Waals surface area contributed by atoms with Crippen LogP contribution in [-0.2, 0) is 19.6 Å². The molecule has 0 aromatic heterocycles. The lowest BCUT2D eigenvalue weighted by Crippen LogP contribution is -2.30. The Labute approximate surface area is 170 Å². The van der Waals surface area contributed by atoms with Gasteiger partial charge in [0.05, 0.1) is 26.2 Å². The molecule has 0 radical (unpaired) electrons. The maximum Gasteiger partial charge on any atom is 0.340 e. The monoisotopic (exact) mass is 448 g/mol. The van der Waals surface area contributed by atoms with Gasteiger partial charge in [0.1, 0.15) is 5.82 Å². The van der Waals surface area contributed by atoms with E-state index in [0.29, 0.717) is 0 Å². The van der Waals surface area contributed by atoms with Crippen LogP contribution in [0.3, 0.4) is 0 Å². The minimum Gasteiger partial charge on any atom is -0.449 e. The number of halogens is 3. The Balaban J connectivity index is 2.15. The van der Waals surface area contributed by atoms with Gasteiger partial charge < -0.3 is 10.1 Å². The van der Waals surface area contributed by atoms with Gasteiger partial charge in [-0.2, -0.15) is 0 Å². The molecule has 2 N–H and O–H groups in total. The van der Waals surface area contributed by atoms with Crippen molar-refractivity contribution in [3.8, 4) is 0 Å². The van der Waals surface area contributed by atoms with Crippen LogP contribution in [-0.4, -0.2) is 33.4 Å². The molecule has 1 atom stereocenters. The minimum atomic E-state index is -3.81. The van der Waals surface area contributed by atoms with Crippen LogP contribution in [0.5, 0.6) is 0 Å². The van der Waals surface area contributed by atoms with Crippen LogP contribution in [0, 0.1) is 5.82 Å². The number of benzene rings is 2. The minimum absolute atomic E-state index is 0.0279. The van der Waals surface area contributed by atoms with Gasteiger partial charge in [0, 0.05) is 0 Å². The van der Waals surface area contributed by atoms with E-state index in [4.69, 9.17) is 27.9 Å². The maximum absolute atomic E-state index is 13.1. The van der Waals surface area contributed by atoms with Gasteiger partial charge >= 0.3 is 5.97 Å². The van der Waals surface area contributed by atoms with E-state index >= 15 is 0 Å². The molecule has 0 aliphatic rings. The number of hydrogen-bond acceptors (Lipinski definition) is 5. The Hall–Kier alpha value is -2.20. The zero-order valence-corrected chi connectivity index (χ0v) is 17.0. The van der Waals surface area contributed by atoms with Crippen molar-refractivity contribution in [1.29, 1.82) is 0 Å². The summed E-state index contributed by atoms with van der Waals surface area (Å²) in [5, 5.41) is 2.32. The van der Waals surface area contributed by atoms with E-state index in [1.165, 1.54) is 32.2 Å². The number of amides is 1. The van der Waals surface area contributed by atoms with Crippen molar-refractivity contribution in [3.05, 3.63) is 57.8 Å². The zero-order valence-electron chi connectivity index (χ0n) is 14.6. The van der Waals surface area contributed by atoms with Gasteiger partial charge in [-0.25, -0.2) is 22.3 Å². The number of nitrogens with one attached hydrogen (secondary N) is 2. The number of carbonyl (C=O) groups is 2. The summed E-state index contributed by atoms with van der Waals surface area (Å²) in [7, 11) is -2.59. The molecule has 1 unspecified atom stereocenters. The zero-order chi connectivity index (χ0) is 21.1. The van der Waals surface area contributed by atoms with E-state index in [0.717, 1.165) is 18.2 Å². The summed E-state index contributed by atoms with van der Waals surface area (Å²) in [5.41, 5.74) is -0.0893. The van der Waals surface area contributed by atoms with Crippen LogP contribution in [0.2, 0.25) is 10.0 Å². The van der Waals surface area contributed by atoms with Crippen molar-refractivity contribution in [3.63, 3.8) is 0 Å². The van der Waals surface area contributed by atoms with Crippen LogP contribution >= 0.6 is 23.2 Å². The number of anilines is 1. The molecule has 2 aromatic rings. The summed E-state index contributed by atoms with van der Waals surface area (Å²) in [4.78, 5) is 24.3. The molecular weight excluding hydrogens is 434 g/mol. The first kappa shape index (κ1) is 22.1. The third-order valence-corrected chi connectivity index (χ3v) is 5.63. The summed E-state index contributed by atoms with van der Waals surface area (Å²) in [6, 6.07) is 6.86. The fourth-order valence-corrected chi connectivity index (χ4v) is 3.21. The molecular formula is C17H15Cl2FN2O5S. The third kappa shape index (κ3) is 5.20. The highest BCUT2D eigenvalue weighted by molar-refractivity contribution is 7.89. The van der Waals surface area contributed by atoms with Crippen LogP contribution in [0.4, 0.5) is 10.1 Å². The highest BCUT2D eigenvalue weighted by Crippen LogP contribution is 2.24.